The molecule has 1 fully saturated rings. The third-order valence-electron chi connectivity index (χ3n) is 6.29. The van der Waals surface area contributed by atoms with Gasteiger partial charge in [-0.1, -0.05) is 30.3 Å². The summed E-state index contributed by atoms with van der Waals surface area (Å²) in [4.78, 5) is 19.0. The minimum absolute atomic E-state index is 0.426. The molecule has 1 unspecified atom stereocenters. The molecule has 0 radical (unpaired) electrons. The first kappa shape index (κ1) is 19.7. The van der Waals surface area contributed by atoms with Crippen LogP contribution in [-0.4, -0.2) is 50.4 Å². The molecule has 5 rings (SSSR count). The average molecular weight is 413 g/mol. The van der Waals surface area contributed by atoms with Gasteiger partial charge >= 0.3 is 0 Å². The molecule has 1 aromatic carbocycles. The number of benzene rings is 1. The van der Waals surface area contributed by atoms with Crippen LogP contribution in [0.2, 0.25) is 0 Å². The number of imidazole rings is 1. The highest BCUT2D eigenvalue weighted by Gasteiger charge is 2.23. The van der Waals surface area contributed by atoms with E-state index in [9.17, 15) is 0 Å². The topological polar surface area (TPSA) is 49.6 Å². The Balaban J connectivity index is 1.37. The molecule has 0 amide bonds. The minimum Gasteiger partial charge on any atom is -0.354 e. The number of anilines is 1. The SMILES string of the molecule is Cc1cc(N2CCN(C(C)c3ccccc3)CC2)nc(-c2cn3ccnc3cc2C)n1. The van der Waals surface area contributed by atoms with E-state index in [4.69, 9.17) is 9.97 Å². The van der Waals surface area contributed by atoms with Gasteiger partial charge in [-0.25, -0.2) is 15.0 Å². The predicted molar refractivity (Wildman–Crippen MR) is 124 cm³/mol. The second-order valence-electron chi connectivity index (χ2n) is 8.36. The highest BCUT2D eigenvalue weighted by Crippen LogP contribution is 2.26. The fourth-order valence-electron chi connectivity index (χ4n) is 4.41. The molecule has 0 aliphatic carbocycles. The first-order chi connectivity index (χ1) is 15.1. The number of pyridine rings is 1. The van der Waals surface area contributed by atoms with Crippen molar-refractivity contribution in [3.8, 4) is 11.4 Å². The van der Waals surface area contributed by atoms with Crippen LogP contribution in [0.15, 0.2) is 61.1 Å². The molecule has 3 aromatic heterocycles. The summed E-state index contributed by atoms with van der Waals surface area (Å²) in [6.07, 6.45) is 5.86. The average Bonchev–Trinajstić information content (AvgIpc) is 3.25. The number of hydrogen-bond acceptors (Lipinski definition) is 5. The molecule has 6 nitrogen and oxygen atoms in total. The van der Waals surface area contributed by atoms with Crippen molar-refractivity contribution in [2.75, 3.05) is 31.1 Å². The zero-order valence-corrected chi connectivity index (χ0v) is 18.4. The van der Waals surface area contributed by atoms with E-state index in [0.29, 0.717) is 6.04 Å². The summed E-state index contributed by atoms with van der Waals surface area (Å²) in [6, 6.07) is 15.4. The molecule has 6 heteroatoms. The van der Waals surface area contributed by atoms with Gasteiger partial charge in [0.25, 0.3) is 0 Å². The van der Waals surface area contributed by atoms with Crippen LogP contribution in [-0.2, 0) is 0 Å². The Morgan fingerprint density at radius 3 is 2.48 bits per heavy atom. The zero-order chi connectivity index (χ0) is 21.4. The Kier molecular flexibility index (Phi) is 5.16. The first-order valence-corrected chi connectivity index (χ1v) is 10.9. The van der Waals surface area contributed by atoms with Gasteiger partial charge in [0.1, 0.15) is 11.5 Å². The van der Waals surface area contributed by atoms with Gasteiger partial charge in [0.2, 0.25) is 0 Å². The van der Waals surface area contributed by atoms with E-state index >= 15 is 0 Å². The van der Waals surface area contributed by atoms with Crippen LogP contribution >= 0.6 is 0 Å². The quantitative estimate of drug-likeness (QED) is 0.500. The third-order valence-corrected chi connectivity index (χ3v) is 6.29. The lowest BCUT2D eigenvalue weighted by Gasteiger charge is -2.38. The zero-order valence-electron chi connectivity index (χ0n) is 18.4. The summed E-state index contributed by atoms with van der Waals surface area (Å²) >= 11 is 0. The summed E-state index contributed by atoms with van der Waals surface area (Å²) in [5.74, 6) is 1.79. The molecule has 0 spiro atoms. The molecule has 0 N–H and O–H groups in total. The first-order valence-electron chi connectivity index (χ1n) is 10.9. The van der Waals surface area contributed by atoms with Gasteiger partial charge in [0, 0.05) is 68.1 Å². The molecule has 158 valence electrons. The van der Waals surface area contributed by atoms with Crippen molar-refractivity contribution < 1.29 is 0 Å². The van der Waals surface area contributed by atoms with E-state index < -0.39 is 0 Å². The minimum atomic E-state index is 0.426. The van der Waals surface area contributed by atoms with Gasteiger partial charge in [-0.2, -0.15) is 0 Å². The second kappa shape index (κ2) is 8.12. The van der Waals surface area contributed by atoms with Crippen molar-refractivity contribution >= 4 is 11.5 Å². The Labute approximate surface area is 183 Å². The standard InChI is InChI=1S/C25H28N6/c1-18-15-23-26-9-10-31(23)17-22(18)25-27-19(2)16-24(28-25)30-13-11-29(12-14-30)20(3)21-7-5-4-6-8-21/h4-10,15-17,20H,11-14H2,1-3H3. The van der Waals surface area contributed by atoms with Crippen LogP contribution in [0, 0.1) is 13.8 Å². The Morgan fingerprint density at radius 1 is 0.935 bits per heavy atom. The molecule has 1 aliphatic heterocycles. The van der Waals surface area contributed by atoms with Crippen LogP contribution in [0.3, 0.4) is 0 Å². The van der Waals surface area contributed by atoms with Crippen LogP contribution < -0.4 is 4.90 Å². The monoisotopic (exact) mass is 412 g/mol. The maximum atomic E-state index is 4.97. The fourth-order valence-corrected chi connectivity index (χ4v) is 4.41. The molecule has 0 saturated carbocycles. The van der Waals surface area contributed by atoms with Crippen molar-refractivity contribution in [3.63, 3.8) is 0 Å². The molecular weight excluding hydrogens is 384 g/mol. The maximum Gasteiger partial charge on any atom is 0.163 e. The van der Waals surface area contributed by atoms with Crippen LogP contribution in [0.25, 0.3) is 17.0 Å². The normalized spacial score (nSPS) is 16.0. The van der Waals surface area contributed by atoms with E-state index in [0.717, 1.165) is 60.3 Å². The molecule has 1 saturated heterocycles. The lowest BCUT2D eigenvalue weighted by Crippen LogP contribution is -2.47. The summed E-state index contributed by atoms with van der Waals surface area (Å²) in [5, 5.41) is 0. The second-order valence-corrected chi connectivity index (χ2v) is 8.36. The molecule has 4 aromatic rings. The maximum absolute atomic E-state index is 4.97. The summed E-state index contributed by atoms with van der Waals surface area (Å²) < 4.78 is 2.03. The van der Waals surface area contributed by atoms with E-state index in [1.807, 2.05) is 23.7 Å². The van der Waals surface area contributed by atoms with E-state index in [-0.39, 0.29) is 0 Å². The van der Waals surface area contributed by atoms with Gasteiger partial charge in [-0.05, 0) is 38.0 Å². The lowest BCUT2D eigenvalue weighted by molar-refractivity contribution is 0.198. The third kappa shape index (κ3) is 3.91. The summed E-state index contributed by atoms with van der Waals surface area (Å²) in [6.45, 7) is 10.4. The molecule has 4 heterocycles. The Morgan fingerprint density at radius 2 is 1.71 bits per heavy atom. The van der Waals surface area contributed by atoms with E-state index in [1.54, 1.807) is 0 Å². The fraction of sp³-hybridized carbons (Fsp3) is 0.320. The van der Waals surface area contributed by atoms with Crippen LogP contribution in [0.4, 0.5) is 5.82 Å². The van der Waals surface area contributed by atoms with Crippen LogP contribution in [0.1, 0.15) is 29.8 Å². The number of rotatable bonds is 4. The molecule has 31 heavy (non-hydrogen) atoms. The van der Waals surface area contributed by atoms with Gasteiger partial charge in [0.05, 0.1) is 0 Å². The van der Waals surface area contributed by atoms with Gasteiger partial charge in [-0.15, -0.1) is 0 Å². The summed E-state index contributed by atoms with van der Waals surface area (Å²) in [7, 11) is 0. The van der Waals surface area contributed by atoms with Gasteiger partial charge in [0.15, 0.2) is 5.82 Å². The van der Waals surface area contributed by atoms with Gasteiger partial charge in [-0.3, -0.25) is 4.90 Å². The van der Waals surface area contributed by atoms with E-state index in [1.165, 1.54) is 5.56 Å². The number of aromatic nitrogens is 4. The molecule has 0 bridgehead atoms. The van der Waals surface area contributed by atoms with Crippen molar-refractivity contribution in [1.29, 1.82) is 0 Å². The van der Waals surface area contributed by atoms with Crippen molar-refractivity contribution in [2.45, 2.75) is 26.8 Å². The number of fused-ring (bicyclic) bond motifs is 1. The Bertz CT molecular complexity index is 1190. The van der Waals surface area contributed by atoms with Crippen molar-refractivity contribution in [2.24, 2.45) is 0 Å². The number of piperazine rings is 1. The highest BCUT2D eigenvalue weighted by atomic mass is 15.3. The van der Waals surface area contributed by atoms with Gasteiger partial charge < -0.3 is 9.30 Å². The Hall–Kier alpha value is -3.25. The number of nitrogens with zero attached hydrogens (tertiary/aromatic N) is 6. The van der Waals surface area contributed by atoms with Crippen molar-refractivity contribution in [3.05, 3.63) is 77.9 Å². The van der Waals surface area contributed by atoms with Crippen molar-refractivity contribution in [1.82, 2.24) is 24.3 Å². The predicted octanol–water partition coefficient (Wildman–Crippen LogP) is 4.29. The lowest BCUT2D eigenvalue weighted by atomic mass is 10.1. The largest absolute Gasteiger partial charge is 0.354 e. The number of aryl methyl sites for hydroxylation is 2. The smallest absolute Gasteiger partial charge is 0.163 e. The van der Waals surface area contributed by atoms with Crippen LogP contribution in [0.5, 0.6) is 0 Å². The molecular formula is C25H28N6. The number of hydrogen-bond donors (Lipinski definition) is 0. The summed E-state index contributed by atoms with van der Waals surface area (Å²) in [5.41, 5.74) is 5.49. The molecule has 1 atom stereocenters. The molecule has 1 aliphatic rings. The van der Waals surface area contributed by atoms with E-state index in [2.05, 4.69) is 77.3 Å². The highest BCUT2D eigenvalue weighted by molar-refractivity contribution is 5.64.